The molecule has 79 heavy (non-hydrogen) atoms. The molecule has 0 spiro atoms. The van der Waals surface area contributed by atoms with Gasteiger partial charge in [-0.25, -0.2) is 18.0 Å². The van der Waals surface area contributed by atoms with Crippen molar-refractivity contribution in [2.45, 2.75) is 33.8 Å². The number of carbonyl (C=O) groups excluding carboxylic acids is 7. The largest absolute Gasteiger partial charge is 0.436 e. The Labute approximate surface area is 445 Å². The van der Waals surface area contributed by atoms with Crippen LogP contribution < -0.4 is 21.7 Å². The molecule has 0 fully saturated rings. The Morgan fingerprint density at radius 3 is 1.15 bits per heavy atom. The lowest BCUT2D eigenvalue weighted by Gasteiger charge is -2.10. The number of rotatable bonds is 12. The molecule has 3 aromatic heterocycles. The number of hydrogen-bond donors (Lipinski definition) is 4. The minimum Gasteiger partial charge on any atom is -0.436 e. The first-order valence-corrected chi connectivity index (χ1v) is 23.4. The van der Waals surface area contributed by atoms with Crippen LogP contribution in [0.25, 0.3) is 68.5 Å². The van der Waals surface area contributed by atoms with Crippen LogP contribution in [0.4, 0.5) is 18.0 Å². The second-order valence-corrected chi connectivity index (χ2v) is 16.8. The van der Waals surface area contributed by atoms with E-state index in [1.807, 2.05) is 5.32 Å². The highest BCUT2D eigenvalue weighted by Crippen LogP contribution is 2.28. The van der Waals surface area contributed by atoms with Gasteiger partial charge in [-0.3, -0.25) is 44.7 Å². The second-order valence-electron chi connectivity index (χ2n) is 16.8. The van der Waals surface area contributed by atoms with Crippen molar-refractivity contribution >= 4 is 41.5 Å². The molecule has 3 heterocycles. The van der Waals surface area contributed by atoms with E-state index in [9.17, 15) is 46.7 Å². The maximum atomic E-state index is 13.9. The normalized spacial score (nSPS) is 10.9. The summed E-state index contributed by atoms with van der Waals surface area (Å²) in [4.78, 5) is 93.9. The van der Waals surface area contributed by atoms with Gasteiger partial charge in [0.2, 0.25) is 29.3 Å². The number of nitrogens with two attached hydrogens (primary N) is 1. The summed E-state index contributed by atoms with van der Waals surface area (Å²) >= 11 is 0. The van der Waals surface area contributed by atoms with Gasteiger partial charge in [-0.15, -0.1) is 0 Å². The van der Waals surface area contributed by atoms with E-state index in [0.717, 1.165) is 0 Å². The van der Waals surface area contributed by atoms with E-state index in [4.69, 9.17) is 19.3 Å². The van der Waals surface area contributed by atoms with Crippen LogP contribution in [0.15, 0.2) is 159 Å². The molecule has 6 aromatic carbocycles. The Hall–Kier alpha value is -10.8. The molecular weight excluding hydrogens is 1030 g/mol. The molecular formula is C55H43F3N10O11. The summed E-state index contributed by atoms with van der Waals surface area (Å²) in [5.74, 6) is -4.60. The molecule has 21 nitrogen and oxygen atoms in total. The van der Waals surface area contributed by atoms with E-state index < -0.39 is 59.2 Å². The molecule has 0 saturated heterocycles. The van der Waals surface area contributed by atoms with Crippen LogP contribution in [0.3, 0.4) is 0 Å². The van der Waals surface area contributed by atoms with Crippen molar-refractivity contribution in [1.29, 1.82) is 0 Å². The van der Waals surface area contributed by atoms with Crippen molar-refractivity contribution in [2.24, 2.45) is 11.7 Å². The number of nitrogens with one attached hydrogen (secondary N) is 3. The standard InChI is InChI=1S/C19H15FN4O5.C19H16FN3O3.C17H12FN3O3/c1-10(15(21)25)28-19(27)23-17(26)12-6-4-5-11(9-12)16-22-18(29-24-16)13-7-2-3-8-14(13)20;1-11(2)17(24)22-18(25)13-7-5-6-12(10-13)16-21-19(26-23-16)14-8-3-4-9-15(14)20;1-10(22)19-16(23)12-6-4-5-11(9-12)15-20-17(24-21-15)13-7-2-3-8-14(13)18/h2-10H,1H3,(H2,21,25)(H,23,26,27);3-11H,1-2H3,(H,22,24,25);2-9H,1H3,(H,19,22,23)/t10-;;/m1../s1. The quantitative estimate of drug-likeness (QED) is 0.0890. The van der Waals surface area contributed by atoms with Gasteiger partial charge in [-0.2, -0.15) is 15.0 Å². The molecule has 1 atom stereocenters. The number of alkyl carbamates (subject to hydrolysis) is 1. The first kappa shape index (κ1) is 56.0. The summed E-state index contributed by atoms with van der Waals surface area (Å²) in [5, 5.41) is 17.9. The van der Waals surface area contributed by atoms with Gasteiger partial charge >= 0.3 is 6.09 Å². The van der Waals surface area contributed by atoms with E-state index in [-0.39, 0.29) is 80.4 Å². The topological polar surface area (TPSA) is 308 Å². The average Bonchev–Trinajstić information content (AvgIpc) is 4.26. The van der Waals surface area contributed by atoms with Crippen molar-refractivity contribution in [1.82, 2.24) is 46.4 Å². The Balaban J connectivity index is 0.000000172. The van der Waals surface area contributed by atoms with Crippen LogP contribution in [0.1, 0.15) is 58.8 Å². The molecule has 0 radical (unpaired) electrons. The van der Waals surface area contributed by atoms with Crippen molar-refractivity contribution in [3.8, 4) is 68.5 Å². The van der Waals surface area contributed by atoms with E-state index in [1.54, 1.807) is 98.8 Å². The number of primary amides is 1. The third-order valence-electron chi connectivity index (χ3n) is 10.7. The van der Waals surface area contributed by atoms with Gasteiger partial charge in [-0.05, 0) is 79.7 Å². The number of ether oxygens (including phenoxy) is 1. The summed E-state index contributed by atoms with van der Waals surface area (Å²) in [6.07, 6.45) is -2.31. The van der Waals surface area contributed by atoms with Gasteiger partial charge in [0, 0.05) is 46.2 Å². The van der Waals surface area contributed by atoms with E-state index in [1.165, 1.54) is 74.5 Å². The van der Waals surface area contributed by atoms with Crippen molar-refractivity contribution in [3.63, 3.8) is 0 Å². The highest BCUT2D eigenvalue weighted by atomic mass is 19.1. The molecule has 0 unspecified atom stereocenters. The summed E-state index contributed by atoms with van der Waals surface area (Å²) in [5.41, 5.74) is 7.62. The van der Waals surface area contributed by atoms with Crippen LogP contribution in [0, 0.1) is 23.4 Å². The molecule has 0 aliphatic heterocycles. The fourth-order valence-corrected chi connectivity index (χ4v) is 6.63. The van der Waals surface area contributed by atoms with Crippen molar-refractivity contribution in [2.75, 3.05) is 0 Å². The molecule has 0 aliphatic rings. The fraction of sp³-hybridized carbons (Fsp3) is 0.109. The molecule has 24 heteroatoms. The lowest BCUT2D eigenvalue weighted by Crippen LogP contribution is -2.37. The van der Waals surface area contributed by atoms with Gasteiger partial charge in [0.25, 0.3) is 41.3 Å². The number of hydrogen-bond acceptors (Lipinski definition) is 17. The first-order valence-electron chi connectivity index (χ1n) is 23.4. The minimum atomic E-state index is -1.19. The highest BCUT2D eigenvalue weighted by molar-refractivity contribution is 6.06. The Morgan fingerprint density at radius 1 is 0.481 bits per heavy atom. The van der Waals surface area contributed by atoms with Crippen molar-refractivity contribution < 1.29 is 65.0 Å². The van der Waals surface area contributed by atoms with Crippen LogP contribution in [0.5, 0.6) is 0 Å². The number of imide groups is 3. The van der Waals surface area contributed by atoms with Gasteiger partial charge in [0.05, 0.1) is 16.7 Å². The number of nitrogens with zero attached hydrogens (tertiary/aromatic N) is 6. The SMILES string of the molecule is CC(=O)NC(=O)c1cccc(-c2noc(-c3ccccc3F)n2)c1.CC(C)C(=O)NC(=O)c1cccc(-c2noc(-c3ccccc3F)n2)c1.C[C@@H](OC(=O)NC(=O)c1cccc(-c2noc(-c3ccccc3F)n2)c1)C(N)=O. The number of halogens is 3. The summed E-state index contributed by atoms with van der Waals surface area (Å²) in [6, 6.07) is 36.9. The van der Waals surface area contributed by atoms with Gasteiger partial charge in [0.1, 0.15) is 17.5 Å². The molecule has 400 valence electrons. The number of benzene rings is 6. The summed E-state index contributed by atoms with van der Waals surface area (Å²) in [6.45, 7) is 5.92. The van der Waals surface area contributed by atoms with Crippen LogP contribution in [-0.4, -0.2) is 78.1 Å². The van der Waals surface area contributed by atoms with Crippen LogP contribution in [-0.2, 0) is 19.1 Å². The Morgan fingerprint density at radius 2 is 0.823 bits per heavy atom. The fourth-order valence-electron chi connectivity index (χ4n) is 6.63. The van der Waals surface area contributed by atoms with Gasteiger partial charge < -0.3 is 24.0 Å². The zero-order valence-corrected chi connectivity index (χ0v) is 41.9. The molecule has 7 amide bonds. The molecule has 0 saturated carbocycles. The number of aromatic nitrogens is 6. The minimum absolute atomic E-state index is 0.0167. The maximum Gasteiger partial charge on any atom is 0.414 e. The number of amides is 7. The van der Waals surface area contributed by atoms with Crippen LogP contribution in [0.2, 0.25) is 0 Å². The van der Waals surface area contributed by atoms with E-state index >= 15 is 0 Å². The van der Waals surface area contributed by atoms with Crippen molar-refractivity contribution in [3.05, 3.63) is 180 Å². The van der Waals surface area contributed by atoms with Gasteiger partial charge in [0.15, 0.2) is 6.10 Å². The Kier molecular flexibility index (Phi) is 18.2. The number of carbonyl (C=O) groups is 7. The highest BCUT2D eigenvalue weighted by Gasteiger charge is 2.21. The third-order valence-corrected chi connectivity index (χ3v) is 10.7. The average molecular weight is 1080 g/mol. The summed E-state index contributed by atoms with van der Waals surface area (Å²) < 4.78 is 61.4. The Bertz CT molecular complexity index is 3730. The second kappa shape index (κ2) is 25.6. The molecule has 9 rings (SSSR count). The third kappa shape index (κ3) is 14.8. The predicted octanol–water partition coefficient (Wildman–Crippen LogP) is 8.56. The predicted molar refractivity (Wildman–Crippen MR) is 273 cm³/mol. The smallest absolute Gasteiger partial charge is 0.414 e. The van der Waals surface area contributed by atoms with Gasteiger partial charge in [-0.1, -0.05) is 102 Å². The summed E-state index contributed by atoms with van der Waals surface area (Å²) in [7, 11) is 0. The zero-order chi connectivity index (χ0) is 56.8. The lowest BCUT2D eigenvalue weighted by molar-refractivity contribution is -0.125. The molecule has 0 aliphatic carbocycles. The molecule has 5 N–H and O–H groups in total. The van der Waals surface area contributed by atoms with E-state index in [2.05, 4.69) is 45.8 Å². The first-order chi connectivity index (χ1) is 37.8. The van der Waals surface area contributed by atoms with Crippen LogP contribution >= 0.6 is 0 Å². The maximum absolute atomic E-state index is 13.9. The zero-order valence-electron chi connectivity index (χ0n) is 41.9. The monoisotopic (exact) mass is 1080 g/mol. The van der Waals surface area contributed by atoms with E-state index in [0.29, 0.717) is 16.7 Å². The lowest BCUT2D eigenvalue weighted by atomic mass is 10.1. The molecule has 0 bridgehead atoms. The molecule has 9 aromatic rings.